The van der Waals surface area contributed by atoms with Gasteiger partial charge in [-0.05, 0) is 37.6 Å². The lowest BCUT2D eigenvalue weighted by Gasteiger charge is -2.42. The average Bonchev–Trinajstić information content (AvgIpc) is 2.54. The van der Waals surface area contributed by atoms with Crippen LogP contribution in [0.5, 0.6) is 0 Å². The van der Waals surface area contributed by atoms with Crippen molar-refractivity contribution >= 4 is 22.0 Å². The Morgan fingerprint density at radius 1 is 1.35 bits per heavy atom. The Hall–Kier alpha value is -2.04. The number of rotatable bonds is 8. The Morgan fingerprint density at radius 3 is 2.54 bits per heavy atom. The number of methoxy groups -OCH3 is 1. The van der Waals surface area contributed by atoms with Crippen molar-refractivity contribution < 1.29 is 32.2 Å². The largest absolute Gasteiger partial charge is 0.480 e. The monoisotopic (exact) mass is 388 g/mol. The zero-order chi connectivity index (χ0) is 19.5. The van der Waals surface area contributed by atoms with Crippen molar-refractivity contribution in [2.24, 2.45) is 0 Å². The van der Waals surface area contributed by atoms with E-state index in [1.807, 2.05) is 6.92 Å². The van der Waals surface area contributed by atoms with Crippen molar-refractivity contribution in [3.8, 4) is 0 Å². The zero-order valence-corrected chi connectivity index (χ0v) is 15.3. The summed E-state index contributed by atoms with van der Waals surface area (Å²) < 4.78 is 45.5. The molecule has 1 aromatic carbocycles. The molecule has 1 aliphatic rings. The summed E-state index contributed by atoms with van der Waals surface area (Å²) in [4.78, 5) is 23.7. The fourth-order valence-electron chi connectivity index (χ4n) is 2.90. The van der Waals surface area contributed by atoms with Crippen LogP contribution < -0.4 is 4.72 Å². The molecule has 0 heterocycles. The number of hydrogen-bond donors (Lipinski definition) is 2. The van der Waals surface area contributed by atoms with Gasteiger partial charge < -0.3 is 9.84 Å². The summed E-state index contributed by atoms with van der Waals surface area (Å²) in [5, 5.41) is 8.88. The molecule has 1 saturated carbocycles. The molecule has 2 rings (SSSR count). The van der Waals surface area contributed by atoms with E-state index in [1.54, 1.807) is 4.90 Å². The SMILES string of the molecule is CCN(CC(=O)O)C1CC(NS(=O)(=O)c2cc(F)cc(C(=O)OC)c2)C1. The first-order chi connectivity index (χ1) is 12.2. The highest BCUT2D eigenvalue weighted by Crippen LogP contribution is 2.27. The predicted octanol–water partition coefficient (Wildman–Crippen LogP) is 0.828. The van der Waals surface area contributed by atoms with Crippen LogP contribution in [-0.4, -0.2) is 62.6 Å². The topological polar surface area (TPSA) is 113 Å². The maximum absolute atomic E-state index is 13.7. The number of aliphatic carboxylic acids is 1. The minimum Gasteiger partial charge on any atom is -0.480 e. The number of halogens is 1. The molecule has 0 radical (unpaired) electrons. The lowest BCUT2D eigenvalue weighted by Crippen LogP contribution is -2.54. The number of carboxylic acid groups (broad SMARTS) is 1. The molecule has 1 aliphatic carbocycles. The van der Waals surface area contributed by atoms with Gasteiger partial charge in [0.2, 0.25) is 10.0 Å². The summed E-state index contributed by atoms with van der Waals surface area (Å²) in [5.74, 6) is -2.64. The fraction of sp³-hybridized carbons (Fsp3) is 0.500. The van der Waals surface area contributed by atoms with Crippen LogP contribution in [0, 0.1) is 5.82 Å². The summed E-state index contributed by atoms with van der Waals surface area (Å²) >= 11 is 0. The van der Waals surface area contributed by atoms with E-state index in [2.05, 4.69) is 9.46 Å². The Bertz CT molecular complexity index is 792. The molecule has 26 heavy (non-hydrogen) atoms. The summed E-state index contributed by atoms with van der Waals surface area (Å²) in [7, 11) is -2.90. The van der Waals surface area contributed by atoms with Gasteiger partial charge in [0.1, 0.15) is 5.82 Å². The van der Waals surface area contributed by atoms with E-state index in [1.165, 1.54) is 0 Å². The van der Waals surface area contributed by atoms with Crippen LogP contribution in [0.15, 0.2) is 23.1 Å². The van der Waals surface area contributed by atoms with E-state index in [-0.39, 0.29) is 29.1 Å². The van der Waals surface area contributed by atoms with Gasteiger partial charge in [0.05, 0.1) is 24.1 Å². The van der Waals surface area contributed by atoms with Gasteiger partial charge in [-0.1, -0.05) is 6.92 Å². The number of nitrogens with one attached hydrogen (secondary N) is 1. The normalized spacial score (nSPS) is 19.8. The van der Waals surface area contributed by atoms with Crippen LogP contribution in [-0.2, 0) is 19.6 Å². The molecule has 8 nitrogen and oxygen atoms in total. The van der Waals surface area contributed by atoms with Crippen LogP contribution in [0.2, 0.25) is 0 Å². The van der Waals surface area contributed by atoms with E-state index in [9.17, 15) is 22.4 Å². The number of carbonyl (C=O) groups excluding carboxylic acids is 1. The van der Waals surface area contributed by atoms with Gasteiger partial charge >= 0.3 is 11.9 Å². The van der Waals surface area contributed by atoms with Gasteiger partial charge in [-0.25, -0.2) is 22.3 Å². The standard InChI is InChI=1S/C16H21FN2O6S/c1-3-19(9-15(20)21)13-7-12(8-13)18-26(23,24)14-5-10(16(22)25-2)4-11(17)6-14/h4-6,12-13,18H,3,7-9H2,1-2H3,(H,20,21). The maximum atomic E-state index is 13.7. The number of esters is 1. The van der Waals surface area contributed by atoms with E-state index in [0.29, 0.717) is 19.4 Å². The zero-order valence-electron chi connectivity index (χ0n) is 14.4. The van der Waals surface area contributed by atoms with Crippen molar-refractivity contribution in [1.82, 2.24) is 9.62 Å². The van der Waals surface area contributed by atoms with Crippen LogP contribution in [0.1, 0.15) is 30.1 Å². The van der Waals surface area contributed by atoms with Crippen LogP contribution in [0.3, 0.4) is 0 Å². The molecule has 0 saturated heterocycles. The number of nitrogens with zero attached hydrogens (tertiary/aromatic N) is 1. The van der Waals surface area contributed by atoms with Gasteiger partial charge in [0.15, 0.2) is 0 Å². The molecule has 0 atom stereocenters. The van der Waals surface area contributed by atoms with Gasteiger partial charge in [0, 0.05) is 12.1 Å². The average molecular weight is 388 g/mol. The van der Waals surface area contributed by atoms with Crippen molar-refractivity contribution in [1.29, 1.82) is 0 Å². The van der Waals surface area contributed by atoms with Gasteiger partial charge in [-0.15, -0.1) is 0 Å². The molecule has 144 valence electrons. The minimum atomic E-state index is -4.02. The first-order valence-electron chi connectivity index (χ1n) is 8.03. The second-order valence-electron chi connectivity index (χ2n) is 6.07. The smallest absolute Gasteiger partial charge is 0.337 e. The molecule has 10 heteroatoms. The lowest BCUT2D eigenvalue weighted by atomic mass is 9.86. The molecule has 0 aliphatic heterocycles. The number of benzene rings is 1. The molecular weight excluding hydrogens is 367 g/mol. The molecule has 0 aromatic heterocycles. The van der Waals surface area contributed by atoms with E-state index < -0.39 is 27.8 Å². The van der Waals surface area contributed by atoms with Crippen LogP contribution >= 0.6 is 0 Å². The minimum absolute atomic E-state index is 0.0260. The van der Waals surface area contributed by atoms with Crippen molar-refractivity contribution in [2.45, 2.75) is 36.7 Å². The van der Waals surface area contributed by atoms with Crippen LogP contribution in [0.4, 0.5) is 4.39 Å². The highest BCUT2D eigenvalue weighted by Gasteiger charge is 2.36. The molecule has 0 unspecified atom stereocenters. The third-order valence-corrected chi connectivity index (χ3v) is 5.80. The first kappa shape index (κ1) is 20.3. The first-order valence-corrected chi connectivity index (χ1v) is 9.51. The lowest BCUT2D eigenvalue weighted by molar-refractivity contribution is -0.139. The van der Waals surface area contributed by atoms with Gasteiger partial charge in [-0.2, -0.15) is 0 Å². The molecule has 1 fully saturated rings. The molecule has 2 N–H and O–H groups in total. The predicted molar refractivity (Wildman–Crippen MR) is 89.8 cm³/mol. The summed E-state index contributed by atoms with van der Waals surface area (Å²) in [6.07, 6.45) is 0.916. The summed E-state index contributed by atoms with van der Waals surface area (Å²) in [6.45, 7) is 2.28. The van der Waals surface area contributed by atoms with Gasteiger partial charge in [0.25, 0.3) is 0 Å². The maximum Gasteiger partial charge on any atom is 0.337 e. The quantitative estimate of drug-likeness (QED) is 0.634. The number of hydrogen-bond acceptors (Lipinski definition) is 6. The van der Waals surface area contributed by atoms with Gasteiger partial charge in [-0.3, -0.25) is 9.69 Å². The second kappa shape index (κ2) is 8.11. The Balaban J connectivity index is 2.06. The van der Waals surface area contributed by atoms with E-state index >= 15 is 0 Å². The molecule has 0 spiro atoms. The van der Waals surface area contributed by atoms with Crippen LogP contribution in [0.25, 0.3) is 0 Å². The Labute approximate surface area is 151 Å². The number of carbonyl (C=O) groups is 2. The van der Waals surface area contributed by atoms with E-state index in [0.717, 1.165) is 25.3 Å². The van der Waals surface area contributed by atoms with Crippen molar-refractivity contribution in [2.75, 3.05) is 20.2 Å². The highest BCUT2D eigenvalue weighted by molar-refractivity contribution is 7.89. The number of sulfonamides is 1. The summed E-state index contributed by atoms with van der Waals surface area (Å²) in [6, 6.07) is 2.37. The Kier molecular flexibility index (Phi) is 6.32. The molecule has 1 aromatic rings. The van der Waals surface area contributed by atoms with Crippen molar-refractivity contribution in [3.05, 3.63) is 29.6 Å². The molecule has 0 amide bonds. The highest BCUT2D eigenvalue weighted by atomic mass is 32.2. The molecular formula is C16H21FN2O6S. The fourth-order valence-corrected chi connectivity index (χ4v) is 4.21. The third kappa shape index (κ3) is 4.77. The summed E-state index contributed by atoms with van der Waals surface area (Å²) in [5.41, 5.74) is -0.196. The second-order valence-corrected chi connectivity index (χ2v) is 7.78. The Morgan fingerprint density at radius 2 is 2.00 bits per heavy atom. The van der Waals surface area contributed by atoms with Crippen molar-refractivity contribution in [3.63, 3.8) is 0 Å². The third-order valence-electron chi connectivity index (χ3n) is 4.30. The molecule has 0 bridgehead atoms. The number of carboxylic acids is 1. The number of likely N-dealkylation sites (N-methyl/N-ethyl adjacent to an activating group) is 1. The number of ether oxygens (including phenoxy) is 1. The van der Waals surface area contributed by atoms with E-state index in [4.69, 9.17) is 5.11 Å².